The molecule has 4 rings (SSSR count). The van der Waals surface area contributed by atoms with E-state index < -0.39 is 0 Å². The van der Waals surface area contributed by atoms with Crippen LogP contribution in [0.2, 0.25) is 0 Å². The lowest BCUT2D eigenvalue weighted by atomic mass is 10.0. The van der Waals surface area contributed by atoms with Crippen LogP contribution in [0, 0.1) is 0 Å². The average molecular weight is 362 g/mol. The number of carbonyl (C=O) groups is 1. The normalized spacial score (nSPS) is 15.6. The summed E-state index contributed by atoms with van der Waals surface area (Å²) in [6.07, 6.45) is 5.70. The number of hydrogen-bond acceptors (Lipinski definition) is 3. The molecular formula is C22H26N4O. The van der Waals surface area contributed by atoms with E-state index in [-0.39, 0.29) is 5.91 Å². The summed E-state index contributed by atoms with van der Waals surface area (Å²) >= 11 is 0. The Bertz CT molecular complexity index is 924. The summed E-state index contributed by atoms with van der Waals surface area (Å²) in [7, 11) is 4.24. The van der Waals surface area contributed by atoms with Crippen molar-refractivity contribution in [3.05, 3.63) is 66.1 Å². The van der Waals surface area contributed by atoms with Gasteiger partial charge in [0.2, 0.25) is 0 Å². The number of rotatable bonds is 4. The Morgan fingerprint density at radius 2 is 1.93 bits per heavy atom. The summed E-state index contributed by atoms with van der Waals surface area (Å²) in [6, 6.07) is 14.8. The van der Waals surface area contributed by atoms with Gasteiger partial charge in [0.15, 0.2) is 0 Å². The van der Waals surface area contributed by atoms with Crippen molar-refractivity contribution in [2.75, 3.05) is 27.2 Å². The number of piperidine rings is 1. The van der Waals surface area contributed by atoms with Crippen LogP contribution < -0.4 is 0 Å². The third-order valence-corrected chi connectivity index (χ3v) is 5.58. The Labute approximate surface area is 160 Å². The van der Waals surface area contributed by atoms with Crippen molar-refractivity contribution >= 4 is 16.8 Å². The van der Waals surface area contributed by atoms with Gasteiger partial charge in [0.25, 0.3) is 5.91 Å². The summed E-state index contributed by atoms with van der Waals surface area (Å²) in [4.78, 5) is 21.8. The third-order valence-electron chi connectivity index (χ3n) is 5.58. The molecule has 0 aliphatic carbocycles. The van der Waals surface area contributed by atoms with E-state index in [4.69, 9.17) is 0 Å². The van der Waals surface area contributed by atoms with Crippen LogP contribution in [0.15, 0.2) is 54.9 Å². The lowest BCUT2D eigenvalue weighted by molar-refractivity contribution is 0.0653. The Morgan fingerprint density at radius 3 is 2.63 bits per heavy atom. The van der Waals surface area contributed by atoms with Crippen LogP contribution in [0.25, 0.3) is 10.9 Å². The quantitative estimate of drug-likeness (QED) is 0.715. The lowest BCUT2D eigenvalue weighted by Gasteiger charge is -2.35. The summed E-state index contributed by atoms with van der Waals surface area (Å²) < 4.78 is 2.13. The second-order valence-corrected chi connectivity index (χ2v) is 7.52. The number of pyridine rings is 1. The highest BCUT2D eigenvalue weighted by Crippen LogP contribution is 2.24. The number of benzene rings is 1. The first kappa shape index (κ1) is 17.7. The van der Waals surface area contributed by atoms with Crippen LogP contribution in [0.4, 0.5) is 0 Å². The van der Waals surface area contributed by atoms with E-state index in [2.05, 4.69) is 46.7 Å². The fraction of sp³-hybridized carbons (Fsp3) is 0.364. The minimum absolute atomic E-state index is 0.132. The molecule has 0 radical (unpaired) electrons. The molecule has 0 N–H and O–H groups in total. The van der Waals surface area contributed by atoms with Gasteiger partial charge in [0, 0.05) is 49.0 Å². The zero-order valence-corrected chi connectivity index (χ0v) is 16.0. The van der Waals surface area contributed by atoms with Crippen molar-refractivity contribution in [3.63, 3.8) is 0 Å². The number of nitrogens with zero attached hydrogens (tertiary/aromatic N) is 4. The molecule has 0 spiro atoms. The number of likely N-dealkylation sites (tertiary alicyclic amines) is 1. The van der Waals surface area contributed by atoms with Gasteiger partial charge in [0.1, 0.15) is 5.69 Å². The molecule has 3 heterocycles. The molecule has 2 aromatic heterocycles. The number of aromatic nitrogens is 2. The van der Waals surface area contributed by atoms with Crippen molar-refractivity contribution in [2.24, 2.45) is 0 Å². The molecule has 1 aliphatic heterocycles. The highest BCUT2D eigenvalue weighted by molar-refractivity contribution is 5.99. The van der Waals surface area contributed by atoms with Gasteiger partial charge in [-0.1, -0.05) is 24.3 Å². The number of para-hydroxylation sites is 1. The smallest absolute Gasteiger partial charge is 0.270 e. The molecule has 5 heteroatoms. The first-order valence-electron chi connectivity index (χ1n) is 9.56. The first-order chi connectivity index (χ1) is 13.1. The van der Waals surface area contributed by atoms with E-state index in [1.807, 2.05) is 35.4 Å². The minimum Gasteiger partial charge on any atom is -0.337 e. The Kier molecular flexibility index (Phi) is 4.94. The molecule has 0 unspecified atom stereocenters. The lowest BCUT2D eigenvalue weighted by Crippen LogP contribution is -2.44. The second kappa shape index (κ2) is 7.53. The third kappa shape index (κ3) is 3.60. The summed E-state index contributed by atoms with van der Waals surface area (Å²) in [5, 5.41) is 1.10. The predicted octanol–water partition coefficient (Wildman–Crippen LogP) is 3.25. The monoisotopic (exact) mass is 362 g/mol. The number of fused-ring (bicyclic) bond motifs is 1. The SMILES string of the molecule is CN(C)C1CCN(C(=O)c2cc3ccccc3n2Cc2cccnc2)CC1. The molecule has 1 aromatic carbocycles. The van der Waals surface area contributed by atoms with E-state index in [1.165, 1.54) is 0 Å². The van der Waals surface area contributed by atoms with Gasteiger partial charge in [-0.15, -0.1) is 0 Å². The van der Waals surface area contributed by atoms with Gasteiger partial charge in [-0.25, -0.2) is 0 Å². The fourth-order valence-corrected chi connectivity index (χ4v) is 3.98. The van der Waals surface area contributed by atoms with Crippen molar-refractivity contribution in [3.8, 4) is 0 Å². The highest BCUT2D eigenvalue weighted by Gasteiger charge is 2.27. The van der Waals surface area contributed by atoms with Crippen LogP contribution in [-0.2, 0) is 6.54 Å². The van der Waals surface area contributed by atoms with Crippen LogP contribution in [0.5, 0.6) is 0 Å². The molecular weight excluding hydrogens is 336 g/mol. The van der Waals surface area contributed by atoms with E-state index in [1.54, 1.807) is 6.20 Å². The van der Waals surface area contributed by atoms with E-state index in [0.29, 0.717) is 12.6 Å². The summed E-state index contributed by atoms with van der Waals surface area (Å²) in [6.45, 7) is 2.28. The highest BCUT2D eigenvalue weighted by atomic mass is 16.2. The molecule has 5 nitrogen and oxygen atoms in total. The number of hydrogen-bond donors (Lipinski definition) is 0. The molecule has 1 amide bonds. The van der Waals surface area contributed by atoms with Crippen molar-refractivity contribution in [1.82, 2.24) is 19.4 Å². The minimum atomic E-state index is 0.132. The second-order valence-electron chi connectivity index (χ2n) is 7.52. The van der Waals surface area contributed by atoms with Gasteiger partial charge in [-0.3, -0.25) is 9.78 Å². The molecule has 3 aromatic rings. The average Bonchev–Trinajstić information content (AvgIpc) is 3.07. The summed E-state index contributed by atoms with van der Waals surface area (Å²) in [5.74, 6) is 0.132. The van der Waals surface area contributed by atoms with Crippen LogP contribution >= 0.6 is 0 Å². The van der Waals surface area contributed by atoms with Crippen LogP contribution in [-0.4, -0.2) is 58.5 Å². The molecule has 0 bridgehead atoms. The molecule has 1 saturated heterocycles. The van der Waals surface area contributed by atoms with Crippen LogP contribution in [0.3, 0.4) is 0 Å². The fourth-order valence-electron chi connectivity index (χ4n) is 3.98. The van der Waals surface area contributed by atoms with Crippen molar-refractivity contribution in [1.29, 1.82) is 0 Å². The maximum absolute atomic E-state index is 13.3. The topological polar surface area (TPSA) is 41.4 Å². The van der Waals surface area contributed by atoms with Gasteiger partial charge >= 0.3 is 0 Å². The molecule has 140 valence electrons. The van der Waals surface area contributed by atoms with Gasteiger partial charge < -0.3 is 14.4 Å². The molecule has 1 aliphatic rings. The van der Waals surface area contributed by atoms with Crippen LogP contribution in [0.1, 0.15) is 28.9 Å². The molecule has 0 atom stereocenters. The Morgan fingerprint density at radius 1 is 1.15 bits per heavy atom. The molecule has 0 saturated carbocycles. The van der Waals surface area contributed by atoms with Gasteiger partial charge in [-0.2, -0.15) is 0 Å². The van der Waals surface area contributed by atoms with Crippen molar-refractivity contribution in [2.45, 2.75) is 25.4 Å². The predicted molar refractivity (Wildman–Crippen MR) is 108 cm³/mol. The summed E-state index contributed by atoms with van der Waals surface area (Å²) in [5.41, 5.74) is 2.95. The first-order valence-corrected chi connectivity index (χ1v) is 9.56. The van der Waals surface area contributed by atoms with Gasteiger partial charge in [0.05, 0.1) is 0 Å². The number of amides is 1. The van der Waals surface area contributed by atoms with E-state index in [9.17, 15) is 4.79 Å². The molecule has 1 fully saturated rings. The van der Waals surface area contributed by atoms with Gasteiger partial charge in [-0.05, 0) is 50.7 Å². The Hall–Kier alpha value is -2.66. The van der Waals surface area contributed by atoms with E-state index >= 15 is 0 Å². The zero-order valence-electron chi connectivity index (χ0n) is 16.0. The van der Waals surface area contributed by atoms with E-state index in [0.717, 1.165) is 48.1 Å². The molecule has 27 heavy (non-hydrogen) atoms. The number of carbonyl (C=O) groups excluding carboxylic acids is 1. The zero-order chi connectivity index (χ0) is 18.8. The van der Waals surface area contributed by atoms with Crippen molar-refractivity contribution < 1.29 is 4.79 Å². The Balaban J connectivity index is 1.65. The largest absolute Gasteiger partial charge is 0.337 e. The maximum atomic E-state index is 13.3. The maximum Gasteiger partial charge on any atom is 0.270 e. The standard InChI is InChI=1S/C22H26N4O/c1-24(2)19-9-12-25(13-10-19)22(27)21-14-18-7-3-4-8-20(18)26(21)16-17-6-5-11-23-15-17/h3-8,11,14-15,19H,9-10,12-13,16H2,1-2H3.